The zero-order valence-electron chi connectivity index (χ0n) is 16.4. The van der Waals surface area contributed by atoms with Gasteiger partial charge in [0.15, 0.2) is 11.5 Å². The molecule has 3 aromatic rings. The van der Waals surface area contributed by atoms with Crippen molar-refractivity contribution >= 4 is 28.9 Å². The van der Waals surface area contributed by atoms with Crippen molar-refractivity contribution in [2.24, 2.45) is 0 Å². The Labute approximate surface area is 175 Å². The van der Waals surface area contributed by atoms with Gasteiger partial charge in [0.1, 0.15) is 6.61 Å². The van der Waals surface area contributed by atoms with E-state index in [2.05, 4.69) is 10.6 Å². The van der Waals surface area contributed by atoms with Gasteiger partial charge in [0, 0.05) is 35.4 Å². The van der Waals surface area contributed by atoms with Gasteiger partial charge in [0.2, 0.25) is 5.91 Å². The molecule has 150 valence electrons. The van der Waals surface area contributed by atoms with Gasteiger partial charge < -0.3 is 20.1 Å². The maximum absolute atomic E-state index is 11.1. The van der Waals surface area contributed by atoms with Crippen molar-refractivity contribution in [3.05, 3.63) is 82.9 Å². The predicted octanol–water partition coefficient (Wildman–Crippen LogP) is 5.50. The van der Waals surface area contributed by atoms with E-state index in [4.69, 9.17) is 21.1 Å². The minimum Gasteiger partial charge on any atom is -0.493 e. The molecular weight excluding hydrogens is 388 g/mol. The number of ether oxygens (including phenoxy) is 2. The second kappa shape index (κ2) is 9.85. The Balaban J connectivity index is 1.69. The van der Waals surface area contributed by atoms with E-state index in [1.807, 2.05) is 66.7 Å². The van der Waals surface area contributed by atoms with E-state index < -0.39 is 0 Å². The van der Waals surface area contributed by atoms with Crippen LogP contribution < -0.4 is 20.1 Å². The fraction of sp³-hybridized carbons (Fsp3) is 0.174. The van der Waals surface area contributed by atoms with Crippen LogP contribution in [0.3, 0.4) is 0 Å². The van der Waals surface area contributed by atoms with E-state index in [0.717, 1.165) is 22.5 Å². The summed E-state index contributed by atoms with van der Waals surface area (Å²) in [6.07, 6.45) is 0. The molecule has 0 saturated heterocycles. The van der Waals surface area contributed by atoms with Crippen LogP contribution in [0, 0.1) is 0 Å². The quantitative estimate of drug-likeness (QED) is 0.515. The number of carbonyl (C=O) groups is 1. The van der Waals surface area contributed by atoms with Gasteiger partial charge in [-0.1, -0.05) is 35.9 Å². The third-order valence-electron chi connectivity index (χ3n) is 4.27. The molecular formula is C23H23ClN2O3. The van der Waals surface area contributed by atoms with Crippen LogP contribution in [-0.2, 0) is 17.9 Å². The van der Waals surface area contributed by atoms with Crippen LogP contribution in [0.25, 0.3) is 0 Å². The highest BCUT2D eigenvalue weighted by Crippen LogP contribution is 2.32. The fourth-order valence-electron chi connectivity index (χ4n) is 2.83. The van der Waals surface area contributed by atoms with Crippen LogP contribution in [0.5, 0.6) is 11.5 Å². The highest BCUT2D eigenvalue weighted by atomic mass is 35.5. The van der Waals surface area contributed by atoms with Gasteiger partial charge in [-0.05, 0) is 48.0 Å². The molecule has 0 spiro atoms. The third-order valence-corrected chi connectivity index (χ3v) is 4.52. The van der Waals surface area contributed by atoms with Crippen LogP contribution in [0.4, 0.5) is 11.4 Å². The van der Waals surface area contributed by atoms with Crippen LogP contribution >= 0.6 is 11.6 Å². The van der Waals surface area contributed by atoms with E-state index in [9.17, 15) is 4.79 Å². The van der Waals surface area contributed by atoms with Crippen LogP contribution in [-0.4, -0.2) is 13.0 Å². The normalized spacial score (nSPS) is 10.3. The summed E-state index contributed by atoms with van der Waals surface area (Å²) in [5.41, 5.74) is 3.69. The van der Waals surface area contributed by atoms with E-state index in [0.29, 0.717) is 29.7 Å². The van der Waals surface area contributed by atoms with Crippen molar-refractivity contribution in [1.29, 1.82) is 0 Å². The van der Waals surface area contributed by atoms with Crippen molar-refractivity contribution in [1.82, 2.24) is 0 Å². The lowest BCUT2D eigenvalue weighted by atomic mass is 10.1. The number of anilines is 2. The first kappa shape index (κ1) is 20.6. The lowest BCUT2D eigenvalue weighted by Gasteiger charge is -2.16. The van der Waals surface area contributed by atoms with Gasteiger partial charge in [0.05, 0.1) is 7.11 Å². The van der Waals surface area contributed by atoms with Crippen molar-refractivity contribution in [3.63, 3.8) is 0 Å². The van der Waals surface area contributed by atoms with E-state index in [1.54, 1.807) is 7.11 Å². The van der Waals surface area contributed by atoms with E-state index in [1.165, 1.54) is 6.92 Å². The number of nitrogens with one attached hydrogen (secondary N) is 2. The highest BCUT2D eigenvalue weighted by Gasteiger charge is 2.11. The fourth-order valence-corrected chi connectivity index (χ4v) is 2.96. The predicted molar refractivity (Wildman–Crippen MR) is 117 cm³/mol. The van der Waals surface area contributed by atoms with Gasteiger partial charge in [-0.25, -0.2) is 0 Å². The number of hydrogen-bond acceptors (Lipinski definition) is 4. The Morgan fingerprint density at radius 3 is 2.31 bits per heavy atom. The number of methoxy groups -OCH3 is 1. The van der Waals surface area contributed by atoms with Crippen LogP contribution in [0.1, 0.15) is 18.1 Å². The lowest BCUT2D eigenvalue weighted by molar-refractivity contribution is -0.114. The standard InChI is InChI=1S/C23H23ClN2O3/c1-16(27)26-21-12-10-20(11-13-21)25-14-18-4-3-5-22(28-2)23(18)29-15-17-6-8-19(24)9-7-17/h3-13,25H,14-15H2,1-2H3,(H,26,27). The molecule has 0 fully saturated rings. The molecule has 0 atom stereocenters. The molecule has 0 aliphatic rings. The summed E-state index contributed by atoms with van der Waals surface area (Å²) < 4.78 is 11.6. The van der Waals surface area contributed by atoms with Crippen molar-refractivity contribution in [2.75, 3.05) is 17.7 Å². The summed E-state index contributed by atoms with van der Waals surface area (Å²) in [5.74, 6) is 1.29. The first-order valence-electron chi connectivity index (χ1n) is 9.20. The van der Waals surface area contributed by atoms with Gasteiger partial charge in [-0.15, -0.1) is 0 Å². The van der Waals surface area contributed by atoms with E-state index in [-0.39, 0.29) is 5.91 Å². The second-order valence-electron chi connectivity index (χ2n) is 6.48. The zero-order valence-corrected chi connectivity index (χ0v) is 17.1. The molecule has 29 heavy (non-hydrogen) atoms. The largest absolute Gasteiger partial charge is 0.493 e. The summed E-state index contributed by atoms with van der Waals surface area (Å²) in [7, 11) is 1.63. The molecule has 0 aliphatic carbocycles. The Hall–Kier alpha value is -3.18. The Bertz CT molecular complexity index is 957. The van der Waals surface area contributed by atoms with Crippen molar-refractivity contribution in [2.45, 2.75) is 20.1 Å². The minimum absolute atomic E-state index is 0.0930. The Kier molecular flexibility index (Phi) is 6.98. The Morgan fingerprint density at radius 1 is 0.966 bits per heavy atom. The van der Waals surface area contributed by atoms with Crippen LogP contribution in [0.2, 0.25) is 5.02 Å². The van der Waals surface area contributed by atoms with Crippen molar-refractivity contribution in [3.8, 4) is 11.5 Å². The Morgan fingerprint density at radius 2 is 1.66 bits per heavy atom. The summed E-state index contributed by atoms with van der Waals surface area (Å²) >= 11 is 5.95. The molecule has 0 saturated carbocycles. The molecule has 0 aliphatic heterocycles. The van der Waals surface area contributed by atoms with Gasteiger partial charge in [0.25, 0.3) is 0 Å². The molecule has 0 heterocycles. The number of amides is 1. The molecule has 0 unspecified atom stereocenters. The number of benzene rings is 3. The molecule has 0 bridgehead atoms. The number of rotatable bonds is 8. The first-order chi connectivity index (χ1) is 14.0. The average Bonchev–Trinajstić information content (AvgIpc) is 2.72. The number of para-hydroxylation sites is 1. The third kappa shape index (κ3) is 5.90. The summed E-state index contributed by atoms with van der Waals surface area (Å²) in [5, 5.41) is 6.82. The number of hydrogen-bond donors (Lipinski definition) is 2. The molecule has 1 amide bonds. The molecule has 3 aromatic carbocycles. The lowest BCUT2D eigenvalue weighted by Crippen LogP contribution is -2.06. The molecule has 2 N–H and O–H groups in total. The maximum atomic E-state index is 11.1. The van der Waals surface area contributed by atoms with Crippen molar-refractivity contribution < 1.29 is 14.3 Å². The summed E-state index contributed by atoms with van der Waals surface area (Å²) in [6.45, 7) is 2.46. The second-order valence-corrected chi connectivity index (χ2v) is 6.91. The molecule has 6 heteroatoms. The highest BCUT2D eigenvalue weighted by molar-refractivity contribution is 6.30. The van der Waals surface area contributed by atoms with Gasteiger partial charge >= 0.3 is 0 Å². The summed E-state index contributed by atoms with van der Waals surface area (Å²) in [4.78, 5) is 11.1. The van der Waals surface area contributed by atoms with Gasteiger partial charge in [-0.3, -0.25) is 4.79 Å². The molecule has 5 nitrogen and oxygen atoms in total. The maximum Gasteiger partial charge on any atom is 0.221 e. The molecule has 0 radical (unpaired) electrons. The first-order valence-corrected chi connectivity index (χ1v) is 9.57. The van der Waals surface area contributed by atoms with E-state index >= 15 is 0 Å². The average molecular weight is 411 g/mol. The number of carbonyl (C=O) groups excluding carboxylic acids is 1. The minimum atomic E-state index is -0.0930. The van der Waals surface area contributed by atoms with Gasteiger partial charge in [-0.2, -0.15) is 0 Å². The smallest absolute Gasteiger partial charge is 0.221 e. The summed E-state index contributed by atoms with van der Waals surface area (Å²) in [6, 6.07) is 20.9. The monoisotopic (exact) mass is 410 g/mol. The topological polar surface area (TPSA) is 59.6 Å². The molecule has 0 aromatic heterocycles. The van der Waals surface area contributed by atoms with Crippen LogP contribution in [0.15, 0.2) is 66.7 Å². The SMILES string of the molecule is COc1cccc(CNc2ccc(NC(C)=O)cc2)c1OCc1ccc(Cl)cc1. The molecule has 3 rings (SSSR count). The zero-order chi connectivity index (χ0) is 20.6. The number of halogens is 1.